The van der Waals surface area contributed by atoms with Crippen LogP contribution < -0.4 is 10.6 Å². The van der Waals surface area contributed by atoms with E-state index in [1.807, 2.05) is 38.1 Å². The Kier molecular flexibility index (Phi) is 5.50. The van der Waals surface area contributed by atoms with Crippen LogP contribution in [0.1, 0.15) is 16.8 Å². The van der Waals surface area contributed by atoms with Crippen LogP contribution in [-0.4, -0.2) is 26.1 Å². The second kappa shape index (κ2) is 8.23. The summed E-state index contributed by atoms with van der Waals surface area (Å²) in [5, 5.41) is 11.5. The van der Waals surface area contributed by atoms with Crippen molar-refractivity contribution < 1.29 is 8.78 Å². The van der Waals surface area contributed by atoms with Gasteiger partial charge in [0.1, 0.15) is 5.82 Å². The van der Waals surface area contributed by atoms with Crippen molar-refractivity contribution in [1.29, 1.82) is 0 Å². The molecule has 0 aliphatic heterocycles. The maximum absolute atomic E-state index is 13.4. The lowest BCUT2D eigenvalue weighted by Crippen LogP contribution is -2.10. The minimum Gasteiger partial charge on any atom is -0.370 e. The number of hydrogen-bond donors (Lipinski definition) is 2. The van der Waals surface area contributed by atoms with Crippen molar-refractivity contribution in [2.45, 2.75) is 20.3 Å². The summed E-state index contributed by atoms with van der Waals surface area (Å²) in [5.74, 6) is -0.174. The molecule has 0 bridgehead atoms. The molecule has 0 aliphatic rings. The maximum Gasteiger partial charge on any atom is 0.256 e. The average Bonchev–Trinajstić information content (AvgIpc) is 3.10. The van der Waals surface area contributed by atoms with Crippen molar-refractivity contribution >= 4 is 34.8 Å². The molecule has 0 radical (unpaired) electrons. The highest BCUT2D eigenvalue weighted by Crippen LogP contribution is 2.23. The Morgan fingerprint density at radius 1 is 1.00 bits per heavy atom. The molecule has 0 aliphatic carbocycles. The monoisotopic (exact) mass is 428 g/mol. The third-order valence-corrected chi connectivity index (χ3v) is 4.83. The Labute approximate surface area is 176 Å². The molecule has 0 saturated heterocycles. The Morgan fingerprint density at radius 3 is 2.63 bits per heavy atom. The molecular formula is C21H19ClF2N6. The van der Waals surface area contributed by atoms with Crippen LogP contribution in [-0.2, 0) is 6.42 Å². The van der Waals surface area contributed by atoms with Gasteiger partial charge in [-0.25, -0.2) is 13.8 Å². The van der Waals surface area contributed by atoms with E-state index in [9.17, 15) is 8.78 Å². The molecule has 30 heavy (non-hydrogen) atoms. The van der Waals surface area contributed by atoms with Crippen molar-refractivity contribution in [3.8, 4) is 0 Å². The van der Waals surface area contributed by atoms with E-state index in [1.54, 1.807) is 10.6 Å². The zero-order valence-electron chi connectivity index (χ0n) is 16.4. The molecule has 0 saturated carbocycles. The van der Waals surface area contributed by atoms with Crippen LogP contribution in [0.15, 0.2) is 42.5 Å². The van der Waals surface area contributed by atoms with Gasteiger partial charge in [-0.3, -0.25) is 0 Å². The quantitative estimate of drug-likeness (QED) is 0.448. The van der Waals surface area contributed by atoms with Crippen molar-refractivity contribution in [1.82, 2.24) is 19.6 Å². The lowest BCUT2D eigenvalue weighted by molar-refractivity contribution is 0.507. The predicted octanol–water partition coefficient (Wildman–Crippen LogP) is 5.07. The molecule has 4 rings (SSSR count). The number of fused-ring (bicyclic) bond motifs is 1. The summed E-state index contributed by atoms with van der Waals surface area (Å²) < 4.78 is 28.1. The summed E-state index contributed by atoms with van der Waals surface area (Å²) in [6.07, 6.45) is 0.515. The minimum absolute atomic E-state index is 0.391. The van der Waals surface area contributed by atoms with Crippen LogP contribution >= 0.6 is 11.6 Å². The van der Waals surface area contributed by atoms with Gasteiger partial charge in [-0.15, -0.1) is 5.10 Å². The molecule has 0 fully saturated rings. The second-order valence-electron chi connectivity index (χ2n) is 6.94. The minimum atomic E-state index is -0.851. The fourth-order valence-corrected chi connectivity index (χ4v) is 3.22. The first-order valence-corrected chi connectivity index (χ1v) is 9.72. The number of rotatable bonds is 6. The predicted molar refractivity (Wildman–Crippen MR) is 114 cm³/mol. The van der Waals surface area contributed by atoms with Crippen molar-refractivity contribution in [2.24, 2.45) is 0 Å². The molecule has 2 aromatic carbocycles. The third-order valence-electron chi connectivity index (χ3n) is 4.59. The van der Waals surface area contributed by atoms with E-state index in [4.69, 9.17) is 11.6 Å². The summed E-state index contributed by atoms with van der Waals surface area (Å²) in [6.45, 7) is 4.32. The zero-order valence-corrected chi connectivity index (χ0v) is 17.1. The summed E-state index contributed by atoms with van der Waals surface area (Å²) >= 11 is 6.08. The molecule has 0 amide bonds. The third kappa shape index (κ3) is 4.33. The fourth-order valence-electron chi connectivity index (χ4n) is 3.05. The molecule has 9 heteroatoms. The number of hydrogen-bond acceptors (Lipinski definition) is 5. The number of nitrogens with one attached hydrogen (secondary N) is 2. The highest BCUT2D eigenvalue weighted by molar-refractivity contribution is 6.30. The van der Waals surface area contributed by atoms with E-state index in [0.717, 1.165) is 23.0 Å². The standard InChI is InChI=1S/C21H19ClF2N6/c1-12-3-5-15(22)11-18(12)27-20-28-21-26-13(2)9-19(30(21)29-20)25-8-7-14-4-6-16(23)17(24)10-14/h3-6,9-11,25H,7-8H2,1-2H3,(H,27,29). The van der Waals surface area contributed by atoms with Gasteiger partial charge in [-0.2, -0.15) is 9.50 Å². The normalized spacial score (nSPS) is 11.1. The van der Waals surface area contributed by atoms with Crippen molar-refractivity contribution in [3.63, 3.8) is 0 Å². The number of aryl methyl sites for hydroxylation is 2. The van der Waals surface area contributed by atoms with E-state index < -0.39 is 11.6 Å². The van der Waals surface area contributed by atoms with Crippen LogP contribution in [0.2, 0.25) is 5.02 Å². The van der Waals surface area contributed by atoms with Gasteiger partial charge in [-0.1, -0.05) is 23.7 Å². The molecule has 2 aromatic heterocycles. The van der Waals surface area contributed by atoms with Gasteiger partial charge in [0.2, 0.25) is 5.95 Å². The van der Waals surface area contributed by atoms with E-state index in [0.29, 0.717) is 41.1 Å². The summed E-state index contributed by atoms with van der Waals surface area (Å²) in [7, 11) is 0. The van der Waals surface area contributed by atoms with Gasteiger partial charge in [0.15, 0.2) is 11.6 Å². The van der Waals surface area contributed by atoms with Gasteiger partial charge >= 0.3 is 0 Å². The summed E-state index contributed by atoms with van der Waals surface area (Å²) in [6, 6.07) is 11.3. The first-order chi connectivity index (χ1) is 14.4. The smallest absolute Gasteiger partial charge is 0.256 e. The first-order valence-electron chi connectivity index (χ1n) is 9.34. The summed E-state index contributed by atoms with van der Waals surface area (Å²) in [5.41, 5.74) is 3.28. The van der Waals surface area contributed by atoms with E-state index >= 15 is 0 Å². The molecule has 2 heterocycles. The Hall–Kier alpha value is -3.26. The maximum atomic E-state index is 13.4. The van der Waals surface area contributed by atoms with Gasteiger partial charge in [0.25, 0.3) is 5.78 Å². The highest BCUT2D eigenvalue weighted by Gasteiger charge is 2.11. The molecule has 6 nitrogen and oxygen atoms in total. The van der Waals surface area contributed by atoms with Gasteiger partial charge in [-0.05, 0) is 55.7 Å². The van der Waals surface area contributed by atoms with Gasteiger partial charge in [0, 0.05) is 29.0 Å². The number of anilines is 3. The van der Waals surface area contributed by atoms with Gasteiger partial charge < -0.3 is 10.6 Å². The van der Waals surface area contributed by atoms with Gasteiger partial charge in [0.05, 0.1) is 0 Å². The van der Waals surface area contributed by atoms with Crippen molar-refractivity contribution in [3.05, 3.63) is 75.9 Å². The number of benzene rings is 2. The lowest BCUT2D eigenvalue weighted by Gasteiger charge is -2.09. The Bertz CT molecular complexity index is 1220. The number of nitrogens with zero attached hydrogens (tertiary/aromatic N) is 4. The SMILES string of the molecule is Cc1cc(NCCc2ccc(F)c(F)c2)n2nc(Nc3cc(Cl)ccc3C)nc2n1. The molecule has 0 unspecified atom stereocenters. The molecular weight excluding hydrogens is 410 g/mol. The van der Waals surface area contributed by atoms with E-state index in [2.05, 4.69) is 25.7 Å². The Balaban J connectivity index is 1.54. The van der Waals surface area contributed by atoms with Crippen LogP contribution in [0.5, 0.6) is 0 Å². The fraction of sp³-hybridized carbons (Fsp3) is 0.190. The van der Waals surface area contributed by atoms with Crippen LogP contribution in [0, 0.1) is 25.5 Å². The lowest BCUT2D eigenvalue weighted by atomic mass is 10.1. The largest absolute Gasteiger partial charge is 0.370 e. The van der Waals surface area contributed by atoms with E-state index in [1.165, 1.54) is 6.07 Å². The molecule has 2 N–H and O–H groups in total. The van der Waals surface area contributed by atoms with E-state index in [-0.39, 0.29) is 0 Å². The molecule has 0 spiro atoms. The average molecular weight is 429 g/mol. The second-order valence-corrected chi connectivity index (χ2v) is 7.38. The number of aromatic nitrogens is 4. The van der Waals surface area contributed by atoms with Crippen LogP contribution in [0.25, 0.3) is 5.78 Å². The first kappa shape index (κ1) is 20.0. The topological polar surface area (TPSA) is 67.1 Å². The number of halogens is 3. The highest BCUT2D eigenvalue weighted by atomic mass is 35.5. The molecule has 4 aromatic rings. The van der Waals surface area contributed by atoms with Crippen LogP contribution in [0.4, 0.5) is 26.2 Å². The summed E-state index contributed by atoms with van der Waals surface area (Å²) in [4.78, 5) is 8.86. The molecule has 154 valence electrons. The van der Waals surface area contributed by atoms with Crippen molar-refractivity contribution in [2.75, 3.05) is 17.2 Å². The zero-order chi connectivity index (χ0) is 21.3. The molecule has 0 atom stereocenters. The van der Waals surface area contributed by atoms with Crippen LogP contribution in [0.3, 0.4) is 0 Å². The Morgan fingerprint density at radius 2 is 1.83 bits per heavy atom.